The molecule has 1 aromatic carbocycles. The second-order valence-electron chi connectivity index (χ2n) is 6.28. The molecule has 1 aliphatic rings. The number of allylic oxidation sites excluding steroid dienone is 1. The number of carboxylic acids is 1. The number of rotatable bonds is 2. The minimum atomic E-state index is -1.06. The second kappa shape index (κ2) is 5.70. The summed E-state index contributed by atoms with van der Waals surface area (Å²) in [6, 6.07) is 11.2. The predicted octanol–water partition coefficient (Wildman–Crippen LogP) is 3.19. The molecule has 0 unspecified atom stereocenters. The summed E-state index contributed by atoms with van der Waals surface area (Å²) in [4.78, 5) is 28.5. The zero-order valence-electron chi connectivity index (χ0n) is 13.7. The minimum Gasteiger partial charge on any atom is -0.478 e. The highest BCUT2D eigenvalue weighted by Crippen LogP contribution is 2.30. The summed E-state index contributed by atoms with van der Waals surface area (Å²) in [7, 11) is 0. The standard InChI is InChI=1S/C20H16N2O3/c1-12-2-4-13(5-3-12)10-14-6-8-16-18(14)21-17-9-7-15(20(24)25)11-22(17)19(16)23/h2-5,7,9-11H,6,8H2,1H3,(H,24,25). The largest absolute Gasteiger partial charge is 0.478 e. The monoisotopic (exact) mass is 332 g/mol. The number of aromatic nitrogens is 2. The van der Waals surface area contributed by atoms with Crippen LogP contribution in [0.15, 0.2) is 47.4 Å². The van der Waals surface area contributed by atoms with E-state index in [0.29, 0.717) is 17.6 Å². The first-order chi connectivity index (χ1) is 12.0. The summed E-state index contributed by atoms with van der Waals surface area (Å²) in [6.45, 7) is 2.04. The molecule has 0 atom stereocenters. The average molecular weight is 332 g/mol. The van der Waals surface area contributed by atoms with E-state index in [2.05, 4.69) is 23.2 Å². The topological polar surface area (TPSA) is 71.7 Å². The Morgan fingerprint density at radius 3 is 2.64 bits per heavy atom. The summed E-state index contributed by atoms with van der Waals surface area (Å²) in [5.41, 5.74) is 5.06. The van der Waals surface area contributed by atoms with Crippen molar-refractivity contribution in [2.75, 3.05) is 0 Å². The van der Waals surface area contributed by atoms with E-state index >= 15 is 0 Å². The Bertz CT molecular complexity index is 1090. The molecule has 0 fully saturated rings. The van der Waals surface area contributed by atoms with Crippen LogP contribution in [0.5, 0.6) is 0 Å². The van der Waals surface area contributed by atoms with Crippen molar-refractivity contribution in [3.63, 3.8) is 0 Å². The summed E-state index contributed by atoms with van der Waals surface area (Å²) in [5, 5.41) is 9.11. The lowest BCUT2D eigenvalue weighted by atomic mass is 10.1. The molecule has 1 N–H and O–H groups in total. The Balaban J connectivity index is 1.87. The molecular formula is C20H16N2O3. The number of pyridine rings is 1. The van der Waals surface area contributed by atoms with E-state index in [1.807, 2.05) is 19.1 Å². The average Bonchev–Trinajstić information content (AvgIpc) is 3.00. The van der Waals surface area contributed by atoms with Gasteiger partial charge in [-0.3, -0.25) is 9.20 Å². The van der Waals surface area contributed by atoms with E-state index in [0.717, 1.165) is 23.3 Å². The number of aryl methyl sites for hydroxylation is 1. The quantitative estimate of drug-likeness (QED) is 0.782. The number of hydrogen-bond acceptors (Lipinski definition) is 3. The maximum atomic E-state index is 12.7. The molecule has 4 rings (SSSR count). The van der Waals surface area contributed by atoms with Gasteiger partial charge < -0.3 is 5.11 Å². The van der Waals surface area contributed by atoms with Crippen LogP contribution in [0.3, 0.4) is 0 Å². The third-order valence-electron chi connectivity index (χ3n) is 4.53. The molecule has 2 heterocycles. The van der Waals surface area contributed by atoms with Crippen LogP contribution in [0.1, 0.15) is 39.2 Å². The number of carbonyl (C=O) groups is 1. The maximum Gasteiger partial charge on any atom is 0.337 e. The lowest BCUT2D eigenvalue weighted by Crippen LogP contribution is -2.20. The van der Waals surface area contributed by atoms with Crippen molar-refractivity contribution in [1.29, 1.82) is 0 Å². The molecule has 5 heteroatoms. The van der Waals surface area contributed by atoms with Crippen molar-refractivity contribution >= 4 is 23.3 Å². The zero-order chi connectivity index (χ0) is 17.6. The van der Waals surface area contributed by atoms with Crippen molar-refractivity contribution in [2.45, 2.75) is 19.8 Å². The summed E-state index contributed by atoms with van der Waals surface area (Å²) in [6.07, 6.45) is 4.79. The van der Waals surface area contributed by atoms with Crippen LogP contribution < -0.4 is 5.56 Å². The van der Waals surface area contributed by atoms with Crippen LogP contribution in [0.25, 0.3) is 17.3 Å². The Labute approximate surface area is 143 Å². The molecule has 25 heavy (non-hydrogen) atoms. The normalized spacial score (nSPS) is 14.8. The molecular weight excluding hydrogens is 316 g/mol. The number of carboxylic acid groups (broad SMARTS) is 1. The molecule has 0 aliphatic heterocycles. The lowest BCUT2D eigenvalue weighted by Gasteiger charge is -2.06. The Kier molecular flexibility index (Phi) is 3.50. The summed E-state index contributed by atoms with van der Waals surface area (Å²) >= 11 is 0. The Hall–Kier alpha value is -3.21. The molecule has 0 bridgehead atoms. The van der Waals surface area contributed by atoms with Crippen LogP contribution in [0, 0.1) is 6.92 Å². The number of aromatic carboxylic acids is 1. The molecule has 0 radical (unpaired) electrons. The Morgan fingerprint density at radius 2 is 1.92 bits per heavy atom. The summed E-state index contributed by atoms with van der Waals surface area (Å²) < 4.78 is 1.33. The molecule has 124 valence electrons. The van der Waals surface area contributed by atoms with Gasteiger partial charge in [-0.25, -0.2) is 9.78 Å². The molecule has 0 spiro atoms. The zero-order valence-corrected chi connectivity index (χ0v) is 13.7. The van der Waals surface area contributed by atoms with Gasteiger partial charge in [-0.15, -0.1) is 0 Å². The first-order valence-electron chi connectivity index (χ1n) is 8.09. The SMILES string of the molecule is Cc1ccc(C=C2CCc3c2nc2ccc(C(=O)O)cn2c3=O)cc1. The van der Waals surface area contributed by atoms with E-state index in [1.165, 1.54) is 22.2 Å². The smallest absolute Gasteiger partial charge is 0.337 e. The van der Waals surface area contributed by atoms with Crippen LogP contribution >= 0.6 is 0 Å². The van der Waals surface area contributed by atoms with Crippen LogP contribution in [-0.2, 0) is 6.42 Å². The van der Waals surface area contributed by atoms with Crippen LogP contribution in [-0.4, -0.2) is 20.5 Å². The van der Waals surface area contributed by atoms with E-state index in [4.69, 9.17) is 5.11 Å². The number of hydrogen-bond donors (Lipinski definition) is 1. The number of fused-ring (bicyclic) bond motifs is 2. The predicted molar refractivity (Wildman–Crippen MR) is 95.8 cm³/mol. The first kappa shape index (κ1) is 15.3. The molecule has 3 aromatic rings. The number of benzene rings is 1. The van der Waals surface area contributed by atoms with E-state index in [-0.39, 0.29) is 11.1 Å². The fourth-order valence-electron chi connectivity index (χ4n) is 3.18. The molecule has 1 aliphatic carbocycles. The maximum absolute atomic E-state index is 12.7. The highest BCUT2D eigenvalue weighted by Gasteiger charge is 2.23. The first-order valence-corrected chi connectivity index (χ1v) is 8.09. The minimum absolute atomic E-state index is 0.0739. The third kappa shape index (κ3) is 2.63. The Morgan fingerprint density at radius 1 is 1.16 bits per heavy atom. The van der Waals surface area contributed by atoms with Gasteiger partial charge in [0.25, 0.3) is 5.56 Å². The van der Waals surface area contributed by atoms with Gasteiger partial charge in [0, 0.05) is 11.8 Å². The van der Waals surface area contributed by atoms with Gasteiger partial charge in [-0.05, 0) is 49.1 Å². The highest BCUT2D eigenvalue weighted by molar-refractivity contribution is 5.88. The van der Waals surface area contributed by atoms with Crippen molar-refractivity contribution in [1.82, 2.24) is 9.38 Å². The molecule has 0 saturated heterocycles. The van der Waals surface area contributed by atoms with Crippen LogP contribution in [0.4, 0.5) is 0 Å². The van der Waals surface area contributed by atoms with Crippen molar-refractivity contribution in [3.8, 4) is 0 Å². The van der Waals surface area contributed by atoms with Gasteiger partial charge in [-0.2, -0.15) is 0 Å². The van der Waals surface area contributed by atoms with Gasteiger partial charge in [0.2, 0.25) is 0 Å². The fraction of sp³-hybridized carbons (Fsp3) is 0.150. The molecule has 0 amide bonds. The highest BCUT2D eigenvalue weighted by atomic mass is 16.4. The van der Waals surface area contributed by atoms with Gasteiger partial charge in [-0.1, -0.05) is 29.8 Å². The van der Waals surface area contributed by atoms with Crippen LogP contribution in [0.2, 0.25) is 0 Å². The third-order valence-corrected chi connectivity index (χ3v) is 4.53. The summed E-state index contributed by atoms with van der Waals surface area (Å²) in [5.74, 6) is -1.06. The fourth-order valence-corrected chi connectivity index (χ4v) is 3.18. The van der Waals surface area contributed by atoms with E-state index in [1.54, 1.807) is 6.07 Å². The molecule has 2 aromatic heterocycles. The van der Waals surface area contributed by atoms with Crippen molar-refractivity contribution in [2.24, 2.45) is 0 Å². The lowest BCUT2D eigenvalue weighted by molar-refractivity contribution is 0.0696. The van der Waals surface area contributed by atoms with Gasteiger partial charge in [0.05, 0.1) is 11.3 Å². The van der Waals surface area contributed by atoms with Gasteiger partial charge in [0.15, 0.2) is 0 Å². The van der Waals surface area contributed by atoms with Crippen molar-refractivity contribution in [3.05, 3.63) is 80.9 Å². The molecule has 5 nitrogen and oxygen atoms in total. The number of nitrogens with zero attached hydrogens (tertiary/aromatic N) is 2. The molecule has 0 saturated carbocycles. The van der Waals surface area contributed by atoms with Gasteiger partial charge >= 0.3 is 5.97 Å². The van der Waals surface area contributed by atoms with Gasteiger partial charge in [0.1, 0.15) is 5.65 Å². The second-order valence-corrected chi connectivity index (χ2v) is 6.28. The van der Waals surface area contributed by atoms with E-state index in [9.17, 15) is 9.59 Å². The van der Waals surface area contributed by atoms with E-state index < -0.39 is 5.97 Å². The van der Waals surface area contributed by atoms with Crippen molar-refractivity contribution < 1.29 is 9.90 Å².